The number of aliphatic hydroxyl groups is 2. The van der Waals surface area contributed by atoms with Gasteiger partial charge in [-0.25, -0.2) is 9.59 Å². The Hall–Kier alpha value is -1.86. The normalized spacial score (nSPS) is 17.4. The van der Waals surface area contributed by atoms with Crippen molar-refractivity contribution in [2.75, 3.05) is 6.61 Å². The fraction of sp³-hybridized carbons (Fsp3) is 0.538. The van der Waals surface area contributed by atoms with Crippen molar-refractivity contribution in [1.82, 2.24) is 5.32 Å². The van der Waals surface area contributed by atoms with Gasteiger partial charge in [0, 0.05) is 25.2 Å². The summed E-state index contributed by atoms with van der Waals surface area (Å²) in [6.45, 7) is 1.57. The largest absolute Gasteiger partial charge is 0.478 e. The molecule has 0 bridgehead atoms. The molecule has 0 saturated heterocycles. The van der Waals surface area contributed by atoms with E-state index in [-0.39, 0.29) is 37.0 Å². The number of nitrogens with one attached hydrogen (secondary N) is 1. The Balaban J connectivity index is 2.33. The highest BCUT2D eigenvalue weighted by Gasteiger charge is 2.20. The number of carbonyl (C=O) groups is 2. The molecule has 0 fully saturated rings. The van der Waals surface area contributed by atoms with E-state index in [0.717, 1.165) is 0 Å². The van der Waals surface area contributed by atoms with E-state index < -0.39 is 24.1 Å². The molecule has 0 saturated carbocycles. The van der Waals surface area contributed by atoms with Gasteiger partial charge in [-0.3, -0.25) is 0 Å². The number of rotatable bonds is 7. The molecule has 1 rings (SSSR count). The second-order valence-corrected chi connectivity index (χ2v) is 4.65. The van der Waals surface area contributed by atoms with Crippen molar-refractivity contribution in [2.45, 2.75) is 38.4 Å². The first-order chi connectivity index (χ1) is 9.40. The average Bonchev–Trinajstić information content (AvgIpc) is 2.37. The first-order valence-corrected chi connectivity index (χ1v) is 6.30. The molecule has 0 aromatic heterocycles. The number of carboxylic acids is 1. The predicted molar refractivity (Wildman–Crippen MR) is 69.4 cm³/mol. The molecule has 112 valence electrons. The highest BCUT2D eigenvalue weighted by atomic mass is 16.5. The number of aliphatic carboxylic acids is 1. The Morgan fingerprint density at radius 2 is 2.00 bits per heavy atom. The van der Waals surface area contributed by atoms with Crippen LogP contribution in [0.2, 0.25) is 0 Å². The van der Waals surface area contributed by atoms with Crippen molar-refractivity contribution in [3.8, 4) is 0 Å². The number of aliphatic hydroxyl groups excluding tert-OH is 2. The van der Waals surface area contributed by atoms with Crippen molar-refractivity contribution in [3.63, 3.8) is 0 Å². The molecular formula is C13H19NO6. The van der Waals surface area contributed by atoms with Crippen LogP contribution in [0.1, 0.15) is 26.2 Å². The second-order valence-electron chi connectivity index (χ2n) is 4.65. The number of carboxylic acid groups (broad SMARTS) is 1. The summed E-state index contributed by atoms with van der Waals surface area (Å²) in [5, 5.41) is 30.0. The van der Waals surface area contributed by atoms with Crippen molar-refractivity contribution in [1.29, 1.82) is 0 Å². The average molecular weight is 285 g/mol. The van der Waals surface area contributed by atoms with E-state index >= 15 is 0 Å². The van der Waals surface area contributed by atoms with Gasteiger partial charge in [0.1, 0.15) is 0 Å². The van der Waals surface area contributed by atoms with Crippen LogP contribution in [0.3, 0.4) is 0 Å². The lowest BCUT2D eigenvalue weighted by Crippen LogP contribution is -2.21. The molecule has 4 N–H and O–H groups in total. The zero-order valence-electron chi connectivity index (χ0n) is 11.2. The maximum Gasteiger partial charge on any atom is 0.335 e. The summed E-state index contributed by atoms with van der Waals surface area (Å²) in [6, 6.07) is 0. The Bertz CT molecular complexity index is 427. The van der Waals surface area contributed by atoms with E-state index in [2.05, 4.69) is 5.32 Å². The highest BCUT2D eigenvalue weighted by Crippen LogP contribution is 2.15. The quantitative estimate of drug-likeness (QED) is 0.482. The summed E-state index contributed by atoms with van der Waals surface area (Å²) in [5.74, 6) is -1.71. The fourth-order valence-corrected chi connectivity index (χ4v) is 1.71. The second kappa shape index (κ2) is 7.66. The van der Waals surface area contributed by atoms with Gasteiger partial charge in [-0.2, -0.15) is 0 Å². The third kappa shape index (κ3) is 5.41. The summed E-state index contributed by atoms with van der Waals surface area (Å²) in [4.78, 5) is 22.5. The van der Waals surface area contributed by atoms with Crippen molar-refractivity contribution in [2.24, 2.45) is 0 Å². The summed E-state index contributed by atoms with van der Waals surface area (Å²) in [6.07, 6.45) is 1.78. The lowest BCUT2D eigenvalue weighted by Gasteiger charge is -2.15. The molecular weight excluding hydrogens is 266 g/mol. The van der Waals surface area contributed by atoms with Crippen molar-refractivity contribution < 1.29 is 29.6 Å². The third-order valence-corrected chi connectivity index (χ3v) is 2.73. The Labute approximate surface area is 116 Å². The van der Waals surface area contributed by atoms with Crippen LogP contribution in [0.5, 0.6) is 0 Å². The van der Waals surface area contributed by atoms with Gasteiger partial charge < -0.3 is 25.4 Å². The van der Waals surface area contributed by atoms with Crippen LogP contribution in [0.15, 0.2) is 23.5 Å². The maximum absolute atomic E-state index is 11.7. The Morgan fingerprint density at radius 1 is 1.35 bits per heavy atom. The van der Waals surface area contributed by atoms with Gasteiger partial charge in [0.2, 0.25) is 0 Å². The van der Waals surface area contributed by atoms with Crippen molar-refractivity contribution in [3.05, 3.63) is 23.5 Å². The molecule has 0 radical (unpaired) electrons. The van der Waals surface area contributed by atoms with Gasteiger partial charge in [-0.15, -0.1) is 0 Å². The fourth-order valence-electron chi connectivity index (χ4n) is 1.71. The van der Waals surface area contributed by atoms with Gasteiger partial charge in [0.15, 0.2) is 0 Å². The molecule has 0 spiro atoms. The molecule has 2 atom stereocenters. The van der Waals surface area contributed by atoms with E-state index in [1.807, 2.05) is 0 Å². The molecule has 1 heterocycles. The van der Waals surface area contributed by atoms with Gasteiger partial charge in [0.25, 0.3) is 0 Å². The summed E-state index contributed by atoms with van der Waals surface area (Å²) >= 11 is 0. The zero-order chi connectivity index (χ0) is 15.1. The topological polar surface area (TPSA) is 116 Å². The van der Waals surface area contributed by atoms with Crippen LogP contribution < -0.4 is 5.32 Å². The van der Waals surface area contributed by atoms with E-state index in [0.29, 0.717) is 0 Å². The number of hydrogen-bond donors (Lipinski definition) is 4. The highest BCUT2D eigenvalue weighted by molar-refractivity contribution is 5.94. The van der Waals surface area contributed by atoms with E-state index in [1.54, 1.807) is 6.92 Å². The number of ether oxygens (including phenoxy) is 1. The van der Waals surface area contributed by atoms with Crippen LogP contribution in [-0.2, 0) is 14.3 Å². The van der Waals surface area contributed by atoms with Gasteiger partial charge in [-0.1, -0.05) is 0 Å². The van der Waals surface area contributed by atoms with Gasteiger partial charge >= 0.3 is 11.9 Å². The van der Waals surface area contributed by atoms with Crippen LogP contribution in [0.4, 0.5) is 0 Å². The van der Waals surface area contributed by atoms with Crippen LogP contribution in [0.25, 0.3) is 0 Å². The summed E-state index contributed by atoms with van der Waals surface area (Å²) in [5.41, 5.74) is 0.295. The Morgan fingerprint density at radius 3 is 2.60 bits per heavy atom. The smallest absolute Gasteiger partial charge is 0.335 e. The lowest BCUT2D eigenvalue weighted by molar-refractivity contribution is -0.139. The minimum atomic E-state index is -1.09. The molecule has 7 nitrogen and oxygen atoms in total. The van der Waals surface area contributed by atoms with E-state index in [9.17, 15) is 14.7 Å². The molecule has 0 aliphatic carbocycles. The van der Waals surface area contributed by atoms with Crippen LogP contribution in [0, 0.1) is 0 Å². The number of dihydropyridines is 1. The SMILES string of the molecule is CC(O)CC(O)CCOC(=O)C1=CNC=C(C(=O)O)C1. The van der Waals surface area contributed by atoms with Gasteiger partial charge in [0.05, 0.1) is 30.0 Å². The van der Waals surface area contributed by atoms with Crippen molar-refractivity contribution >= 4 is 11.9 Å². The zero-order valence-corrected chi connectivity index (χ0v) is 11.2. The molecule has 0 aromatic rings. The molecule has 7 heteroatoms. The van der Waals surface area contributed by atoms with Crippen LogP contribution >= 0.6 is 0 Å². The predicted octanol–water partition coefficient (Wildman–Crippen LogP) is -0.103. The first kappa shape index (κ1) is 16.2. The number of carbonyl (C=O) groups excluding carboxylic acids is 1. The number of esters is 1. The molecule has 20 heavy (non-hydrogen) atoms. The lowest BCUT2D eigenvalue weighted by atomic mass is 10.1. The van der Waals surface area contributed by atoms with Gasteiger partial charge in [-0.05, 0) is 13.3 Å². The number of hydrogen-bond acceptors (Lipinski definition) is 6. The summed E-state index contributed by atoms with van der Waals surface area (Å²) in [7, 11) is 0. The minimum Gasteiger partial charge on any atom is -0.478 e. The third-order valence-electron chi connectivity index (χ3n) is 2.73. The monoisotopic (exact) mass is 285 g/mol. The molecule has 2 unspecified atom stereocenters. The van der Waals surface area contributed by atoms with Crippen LogP contribution in [-0.4, -0.2) is 46.1 Å². The molecule has 0 aromatic carbocycles. The maximum atomic E-state index is 11.7. The standard InChI is InChI=1S/C13H19NO6/c1-8(15)4-11(16)2-3-20-13(19)10-5-9(12(17)18)6-14-7-10/h6-8,11,14-16H,2-5H2,1H3,(H,17,18). The molecule has 0 amide bonds. The van der Waals surface area contributed by atoms with E-state index in [1.165, 1.54) is 12.4 Å². The van der Waals surface area contributed by atoms with E-state index in [4.69, 9.17) is 14.9 Å². The first-order valence-electron chi connectivity index (χ1n) is 6.30. The minimum absolute atomic E-state index is 0.00259. The molecule has 1 aliphatic heterocycles. The summed E-state index contributed by atoms with van der Waals surface area (Å²) < 4.78 is 4.95. The Kier molecular flexibility index (Phi) is 6.20. The molecule has 1 aliphatic rings.